The van der Waals surface area contributed by atoms with Crippen LogP contribution in [0.5, 0.6) is 5.75 Å². The van der Waals surface area contributed by atoms with Crippen LogP contribution in [0.1, 0.15) is 11.5 Å². The normalized spacial score (nSPS) is 26.1. The molecule has 0 aliphatic carbocycles. The molecule has 4 N–H and O–H groups in total. The Hall–Kier alpha value is -2.82. The SMILES string of the molecule is Cc1nnc(-c2ccc(-c3ccc(O[C@H]4O[C@@H](CO)[C@@H](O)[C@H](O)[C@H]4O)c(C)c3)cc2)o1. The van der Waals surface area contributed by atoms with E-state index in [1.54, 1.807) is 13.0 Å². The summed E-state index contributed by atoms with van der Waals surface area (Å²) >= 11 is 0. The highest BCUT2D eigenvalue weighted by molar-refractivity contribution is 5.68. The van der Waals surface area contributed by atoms with Crippen LogP contribution in [-0.2, 0) is 4.74 Å². The molecule has 164 valence electrons. The molecule has 4 rings (SSSR count). The highest BCUT2D eigenvalue weighted by Gasteiger charge is 2.44. The molecule has 1 aromatic heterocycles. The van der Waals surface area contributed by atoms with Crippen molar-refractivity contribution in [1.29, 1.82) is 0 Å². The van der Waals surface area contributed by atoms with Crippen molar-refractivity contribution >= 4 is 0 Å². The summed E-state index contributed by atoms with van der Waals surface area (Å²) in [4.78, 5) is 0. The van der Waals surface area contributed by atoms with E-state index in [0.717, 1.165) is 22.3 Å². The van der Waals surface area contributed by atoms with E-state index in [9.17, 15) is 20.4 Å². The summed E-state index contributed by atoms with van der Waals surface area (Å²) in [6, 6.07) is 13.2. The molecule has 9 heteroatoms. The van der Waals surface area contributed by atoms with E-state index in [-0.39, 0.29) is 0 Å². The maximum Gasteiger partial charge on any atom is 0.247 e. The fourth-order valence-corrected chi connectivity index (χ4v) is 3.47. The van der Waals surface area contributed by atoms with Crippen molar-refractivity contribution in [3.63, 3.8) is 0 Å². The van der Waals surface area contributed by atoms with Crippen molar-refractivity contribution < 1.29 is 34.3 Å². The predicted octanol–water partition coefficient (Wildman–Crippen LogP) is 1.20. The minimum Gasteiger partial charge on any atom is -0.462 e. The van der Waals surface area contributed by atoms with E-state index in [1.165, 1.54) is 0 Å². The van der Waals surface area contributed by atoms with Crippen LogP contribution >= 0.6 is 0 Å². The third-order valence-corrected chi connectivity index (χ3v) is 5.26. The topological polar surface area (TPSA) is 138 Å². The van der Waals surface area contributed by atoms with E-state index >= 15 is 0 Å². The van der Waals surface area contributed by atoms with Gasteiger partial charge in [0.05, 0.1) is 6.61 Å². The Balaban J connectivity index is 1.50. The summed E-state index contributed by atoms with van der Waals surface area (Å²) in [5, 5.41) is 47.1. The zero-order valence-corrected chi connectivity index (χ0v) is 17.0. The van der Waals surface area contributed by atoms with Gasteiger partial charge >= 0.3 is 0 Å². The standard InChI is InChI=1S/C22H24N2O7/c1-11-9-15(13-3-5-14(6-4-13)21-24-23-12(2)29-21)7-8-16(11)30-22-20(28)19(27)18(26)17(10-25)31-22/h3-9,17-20,22,25-28H,10H2,1-2H3/t17-,18+,19-,20+,22-/m0/s1. The van der Waals surface area contributed by atoms with E-state index in [2.05, 4.69) is 10.2 Å². The lowest BCUT2D eigenvalue weighted by Gasteiger charge is -2.39. The third-order valence-electron chi connectivity index (χ3n) is 5.26. The lowest BCUT2D eigenvalue weighted by Crippen LogP contribution is -2.60. The third kappa shape index (κ3) is 4.32. The van der Waals surface area contributed by atoms with Gasteiger partial charge in [-0.3, -0.25) is 0 Å². The number of hydrogen-bond acceptors (Lipinski definition) is 9. The van der Waals surface area contributed by atoms with Crippen LogP contribution in [-0.4, -0.2) is 67.9 Å². The average Bonchev–Trinajstić information content (AvgIpc) is 3.21. The van der Waals surface area contributed by atoms with E-state index in [4.69, 9.17) is 13.9 Å². The van der Waals surface area contributed by atoms with E-state index in [1.807, 2.05) is 43.3 Å². The molecule has 31 heavy (non-hydrogen) atoms. The zero-order chi connectivity index (χ0) is 22.1. The average molecular weight is 428 g/mol. The molecule has 5 atom stereocenters. The van der Waals surface area contributed by atoms with Gasteiger partial charge in [-0.25, -0.2) is 0 Å². The zero-order valence-electron chi connectivity index (χ0n) is 17.0. The van der Waals surface area contributed by atoms with Gasteiger partial charge in [0.1, 0.15) is 30.2 Å². The quantitative estimate of drug-likeness (QED) is 0.472. The molecule has 1 aliphatic rings. The fourth-order valence-electron chi connectivity index (χ4n) is 3.47. The van der Waals surface area contributed by atoms with Gasteiger partial charge in [-0.2, -0.15) is 0 Å². The van der Waals surface area contributed by atoms with Crippen molar-refractivity contribution in [1.82, 2.24) is 10.2 Å². The fraction of sp³-hybridized carbons (Fsp3) is 0.364. The molecule has 2 heterocycles. The van der Waals surface area contributed by atoms with Crippen LogP contribution in [0.4, 0.5) is 0 Å². The summed E-state index contributed by atoms with van der Waals surface area (Å²) in [7, 11) is 0. The summed E-state index contributed by atoms with van der Waals surface area (Å²) in [6.07, 6.45) is -6.63. The van der Waals surface area contributed by atoms with Gasteiger partial charge in [-0.15, -0.1) is 10.2 Å². The maximum absolute atomic E-state index is 10.2. The molecule has 1 aliphatic heterocycles. The second kappa shape index (κ2) is 8.74. The Morgan fingerprint density at radius 1 is 0.871 bits per heavy atom. The molecule has 0 bridgehead atoms. The largest absolute Gasteiger partial charge is 0.462 e. The smallest absolute Gasteiger partial charge is 0.247 e. The summed E-state index contributed by atoms with van der Waals surface area (Å²) < 4.78 is 16.6. The first-order valence-electron chi connectivity index (χ1n) is 9.86. The maximum atomic E-state index is 10.2. The molecule has 0 unspecified atom stereocenters. The Labute approximate surface area is 178 Å². The van der Waals surface area contributed by atoms with Crippen LogP contribution in [0.3, 0.4) is 0 Å². The first-order valence-corrected chi connectivity index (χ1v) is 9.86. The minimum atomic E-state index is -1.49. The summed E-state index contributed by atoms with van der Waals surface area (Å²) in [6.45, 7) is 3.07. The number of ether oxygens (including phenoxy) is 2. The molecule has 0 radical (unpaired) electrons. The van der Waals surface area contributed by atoms with Gasteiger partial charge in [0, 0.05) is 12.5 Å². The monoisotopic (exact) mass is 428 g/mol. The van der Waals surface area contributed by atoms with Crippen molar-refractivity contribution in [3.8, 4) is 28.3 Å². The van der Waals surface area contributed by atoms with Crippen LogP contribution in [0, 0.1) is 13.8 Å². The van der Waals surface area contributed by atoms with Gasteiger partial charge < -0.3 is 34.3 Å². The molecule has 9 nitrogen and oxygen atoms in total. The lowest BCUT2D eigenvalue weighted by atomic mass is 9.99. The van der Waals surface area contributed by atoms with Crippen LogP contribution < -0.4 is 4.74 Å². The number of nitrogens with zero attached hydrogens (tertiary/aromatic N) is 2. The second-order valence-corrected chi connectivity index (χ2v) is 7.50. The molecule has 0 saturated carbocycles. The van der Waals surface area contributed by atoms with Gasteiger partial charge in [0.25, 0.3) is 0 Å². The van der Waals surface area contributed by atoms with Crippen molar-refractivity contribution in [2.45, 2.75) is 44.6 Å². The Kier molecular flexibility index (Phi) is 6.03. The Morgan fingerprint density at radius 3 is 2.16 bits per heavy atom. The van der Waals surface area contributed by atoms with Gasteiger partial charge in [0.2, 0.25) is 18.1 Å². The predicted molar refractivity (Wildman–Crippen MR) is 109 cm³/mol. The van der Waals surface area contributed by atoms with Crippen LogP contribution in [0.25, 0.3) is 22.6 Å². The molecular weight excluding hydrogens is 404 g/mol. The lowest BCUT2D eigenvalue weighted by molar-refractivity contribution is -0.277. The number of rotatable bonds is 5. The van der Waals surface area contributed by atoms with Gasteiger partial charge in [-0.1, -0.05) is 18.2 Å². The number of aliphatic hydroxyl groups is 4. The summed E-state index contributed by atoms with van der Waals surface area (Å²) in [5.74, 6) is 1.42. The van der Waals surface area contributed by atoms with Gasteiger partial charge in [-0.05, 0) is 47.9 Å². The molecular formula is C22H24N2O7. The molecule has 1 saturated heterocycles. The molecule has 1 fully saturated rings. The highest BCUT2D eigenvalue weighted by Crippen LogP contribution is 2.30. The number of aryl methyl sites for hydroxylation is 2. The van der Waals surface area contributed by atoms with E-state index < -0.39 is 37.3 Å². The molecule has 0 spiro atoms. The highest BCUT2D eigenvalue weighted by atomic mass is 16.7. The van der Waals surface area contributed by atoms with Crippen molar-refractivity contribution in [2.75, 3.05) is 6.61 Å². The summed E-state index contributed by atoms with van der Waals surface area (Å²) in [5.41, 5.74) is 3.53. The Morgan fingerprint density at radius 2 is 1.55 bits per heavy atom. The molecule has 0 amide bonds. The first kappa shape index (κ1) is 21.4. The second-order valence-electron chi connectivity index (χ2n) is 7.50. The van der Waals surface area contributed by atoms with Gasteiger partial charge in [0.15, 0.2) is 0 Å². The Bertz CT molecular complexity index is 1030. The van der Waals surface area contributed by atoms with E-state index in [0.29, 0.717) is 17.5 Å². The first-order chi connectivity index (χ1) is 14.9. The van der Waals surface area contributed by atoms with Crippen molar-refractivity contribution in [3.05, 3.63) is 53.9 Å². The number of aromatic nitrogens is 2. The number of benzene rings is 2. The number of aliphatic hydroxyl groups excluding tert-OH is 4. The molecule has 2 aromatic carbocycles. The molecule has 3 aromatic rings. The van der Waals surface area contributed by atoms with Crippen molar-refractivity contribution in [2.24, 2.45) is 0 Å². The number of hydrogen-bond donors (Lipinski definition) is 4. The van der Waals surface area contributed by atoms with Crippen LogP contribution in [0.15, 0.2) is 46.9 Å². The minimum absolute atomic E-state index is 0.450. The van der Waals surface area contributed by atoms with Crippen LogP contribution in [0.2, 0.25) is 0 Å².